The van der Waals surface area contributed by atoms with Crippen LogP contribution in [0, 0.1) is 67.5 Å². The summed E-state index contributed by atoms with van der Waals surface area (Å²) in [5.74, 6) is -0.204. The zero-order valence-electron chi connectivity index (χ0n) is 19.3. The maximum atomic E-state index is 11.2. The van der Waals surface area contributed by atoms with Crippen molar-refractivity contribution >= 4 is 5.78 Å². The fraction of sp³-hybridized carbons (Fsp3) is 0.731. The third-order valence-corrected chi connectivity index (χ3v) is 5.78. The van der Waals surface area contributed by atoms with Gasteiger partial charge in [-0.25, -0.2) is 0 Å². The Bertz CT molecular complexity index is 807. The van der Waals surface area contributed by atoms with Gasteiger partial charge in [-0.1, -0.05) is 42.5 Å². The molecule has 0 aliphatic heterocycles. The molecule has 0 aromatic carbocycles. The Hall–Kier alpha value is -2.83. The first-order valence-corrected chi connectivity index (χ1v) is 10.4. The summed E-state index contributed by atoms with van der Waals surface area (Å²) < 4.78 is 0. The Morgan fingerprint density at radius 3 is 1.84 bits per heavy atom. The van der Waals surface area contributed by atoms with Crippen LogP contribution in [0.25, 0.3) is 0 Å². The van der Waals surface area contributed by atoms with Crippen LogP contribution in [-0.4, -0.2) is 5.78 Å². The Morgan fingerprint density at radius 2 is 1.59 bits per heavy atom. The van der Waals surface area contributed by atoms with Gasteiger partial charge in [-0.3, -0.25) is 4.79 Å². The Kier molecular flexibility index (Phi) is 15.1. The standard InChI is InChI=1S/2C8H12N2.C8H11NO.2CH4/c1-8(2)4-3-6(5-9)7(8)10;1-8(2,7-10)5-3-4-6-9;1-8(2)4-3-6(5-9)7(8)10;;/h3-4,10H2,1-2H3;3-5H2,1-2H3;6H,3-4H2,1-2H3;2*1H4. The molecule has 0 aromatic heterocycles. The first kappa shape index (κ1) is 33.8. The highest BCUT2D eigenvalue weighted by Crippen LogP contribution is 2.38. The first-order chi connectivity index (χ1) is 13.8. The lowest BCUT2D eigenvalue weighted by Crippen LogP contribution is -2.20. The van der Waals surface area contributed by atoms with Gasteiger partial charge in [0.15, 0.2) is 5.78 Å². The van der Waals surface area contributed by atoms with Gasteiger partial charge in [-0.2, -0.15) is 21.0 Å². The smallest absolute Gasteiger partial charge is 0.155 e. The quantitative estimate of drug-likeness (QED) is 0.492. The SMILES string of the molecule is C.C.CC(C)(C#N)CCCC#N.CC1(C)CCC(C#N)=C1N.CC1(C)CCC(C#N)C1=O. The summed E-state index contributed by atoms with van der Waals surface area (Å²) in [6.45, 7) is 11.8. The maximum absolute atomic E-state index is 11.2. The maximum Gasteiger partial charge on any atom is 0.155 e. The highest BCUT2D eigenvalue weighted by molar-refractivity contribution is 5.90. The molecule has 0 aromatic rings. The van der Waals surface area contributed by atoms with Crippen LogP contribution in [0.15, 0.2) is 11.3 Å². The second kappa shape index (κ2) is 14.3. The number of ketones is 1. The van der Waals surface area contributed by atoms with Crippen molar-refractivity contribution in [3.8, 4) is 24.3 Å². The van der Waals surface area contributed by atoms with E-state index in [9.17, 15) is 4.79 Å². The lowest BCUT2D eigenvalue weighted by molar-refractivity contribution is -0.126. The number of carbonyl (C=O) groups is 1. The van der Waals surface area contributed by atoms with Gasteiger partial charge in [-0.15, -0.1) is 0 Å². The van der Waals surface area contributed by atoms with E-state index in [1.54, 1.807) is 0 Å². The lowest BCUT2D eigenvalue weighted by Gasteiger charge is -2.17. The number of allylic oxidation sites excluding steroid dienone is 2. The number of hydrogen-bond donors (Lipinski definition) is 1. The van der Waals surface area contributed by atoms with Crippen molar-refractivity contribution in [2.45, 2.75) is 101 Å². The van der Waals surface area contributed by atoms with E-state index in [-0.39, 0.29) is 42.8 Å². The molecular weight excluding hydrogens is 398 g/mol. The van der Waals surface area contributed by atoms with Crippen LogP contribution in [-0.2, 0) is 4.79 Å². The topological polar surface area (TPSA) is 138 Å². The molecule has 0 amide bonds. The second-order valence-electron chi connectivity index (χ2n) is 9.86. The van der Waals surface area contributed by atoms with Gasteiger partial charge in [0.2, 0.25) is 0 Å². The minimum atomic E-state index is -0.324. The van der Waals surface area contributed by atoms with E-state index in [0.717, 1.165) is 49.8 Å². The van der Waals surface area contributed by atoms with E-state index in [2.05, 4.69) is 32.1 Å². The van der Waals surface area contributed by atoms with Crippen LogP contribution in [0.5, 0.6) is 0 Å². The molecule has 1 atom stereocenters. The average molecular weight is 442 g/mol. The highest BCUT2D eigenvalue weighted by Gasteiger charge is 2.40. The summed E-state index contributed by atoms with van der Waals surface area (Å²) in [7, 11) is 0. The summed E-state index contributed by atoms with van der Waals surface area (Å²) in [5, 5.41) is 33.8. The molecule has 1 unspecified atom stereocenters. The highest BCUT2D eigenvalue weighted by atomic mass is 16.1. The van der Waals surface area contributed by atoms with Crippen LogP contribution in [0.2, 0.25) is 0 Å². The van der Waals surface area contributed by atoms with Crippen molar-refractivity contribution in [1.29, 1.82) is 21.0 Å². The largest absolute Gasteiger partial charge is 0.401 e. The van der Waals surface area contributed by atoms with Crippen molar-refractivity contribution in [3.63, 3.8) is 0 Å². The molecule has 1 saturated carbocycles. The van der Waals surface area contributed by atoms with Crippen LogP contribution in [0.1, 0.15) is 101 Å². The zero-order chi connectivity index (χ0) is 23.6. The van der Waals surface area contributed by atoms with Crippen LogP contribution in [0.4, 0.5) is 0 Å². The third-order valence-electron chi connectivity index (χ3n) is 5.78. The van der Waals surface area contributed by atoms with E-state index in [4.69, 9.17) is 26.8 Å². The fourth-order valence-electron chi connectivity index (χ4n) is 3.25. The molecule has 0 saturated heterocycles. The van der Waals surface area contributed by atoms with Crippen molar-refractivity contribution in [3.05, 3.63) is 11.3 Å². The predicted octanol–water partition coefficient (Wildman–Crippen LogP) is 6.56. The molecular formula is C26H43N5O. The van der Waals surface area contributed by atoms with Gasteiger partial charge in [0, 0.05) is 28.5 Å². The molecule has 2 aliphatic rings. The van der Waals surface area contributed by atoms with Gasteiger partial charge < -0.3 is 5.73 Å². The average Bonchev–Trinajstić information content (AvgIpc) is 3.10. The number of hydrogen-bond acceptors (Lipinski definition) is 6. The summed E-state index contributed by atoms with van der Waals surface area (Å²) in [6, 6.07) is 8.39. The summed E-state index contributed by atoms with van der Waals surface area (Å²) >= 11 is 0. The molecule has 0 spiro atoms. The van der Waals surface area contributed by atoms with Crippen LogP contribution < -0.4 is 5.73 Å². The minimum Gasteiger partial charge on any atom is -0.401 e. The third kappa shape index (κ3) is 10.5. The number of carbonyl (C=O) groups excluding carboxylic acids is 1. The van der Waals surface area contributed by atoms with Gasteiger partial charge in [0.1, 0.15) is 5.92 Å². The summed E-state index contributed by atoms with van der Waals surface area (Å²) in [5.41, 5.74) is 6.87. The number of nitriles is 4. The van der Waals surface area contributed by atoms with E-state index in [1.807, 2.05) is 33.8 Å². The van der Waals surface area contributed by atoms with Crippen LogP contribution >= 0.6 is 0 Å². The van der Waals surface area contributed by atoms with Gasteiger partial charge in [0.05, 0.1) is 29.7 Å². The lowest BCUT2D eigenvalue weighted by atomic mass is 9.89. The summed E-state index contributed by atoms with van der Waals surface area (Å²) in [4.78, 5) is 11.2. The van der Waals surface area contributed by atoms with E-state index in [0.29, 0.717) is 6.42 Å². The molecule has 2 rings (SSSR count). The summed E-state index contributed by atoms with van der Waals surface area (Å²) in [6.07, 6.45) is 5.70. The van der Waals surface area contributed by atoms with Crippen molar-refractivity contribution in [2.24, 2.45) is 27.9 Å². The molecule has 2 N–H and O–H groups in total. The van der Waals surface area contributed by atoms with E-state index < -0.39 is 0 Å². The van der Waals surface area contributed by atoms with Crippen LogP contribution in [0.3, 0.4) is 0 Å². The number of nitrogens with two attached hydrogens (primary N) is 1. The Balaban J connectivity index is -0.000000382. The number of nitrogens with zero attached hydrogens (tertiary/aromatic N) is 4. The molecule has 0 radical (unpaired) electrons. The molecule has 32 heavy (non-hydrogen) atoms. The van der Waals surface area contributed by atoms with E-state index in [1.165, 1.54) is 0 Å². The van der Waals surface area contributed by atoms with Gasteiger partial charge in [-0.05, 0) is 52.4 Å². The fourth-order valence-corrected chi connectivity index (χ4v) is 3.25. The number of unbranched alkanes of at least 4 members (excludes halogenated alkanes) is 1. The monoisotopic (exact) mass is 441 g/mol. The number of Topliss-reactive ketones (excluding diaryl/α,β-unsaturated/α-hetero) is 1. The predicted molar refractivity (Wildman–Crippen MR) is 129 cm³/mol. The molecule has 2 aliphatic carbocycles. The molecule has 6 nitrogen and oxygen atoms in total. The normalized spacial score (nSPS) is 19.7. The van der Waals surface area contributed by atoms with Crippen molar-refractivity contribution in [2.75, 3.05) is 0 Å². The van der Waals surface area contributed by atoms with E-state index >= 15 is 0 Å². The van der Waals surface area contributed by atoms with Crippen molar-refractivity contribution in [1.82, 2.24) is 0 Å². The molecule has 178 valence electrons. The van der Waals surface area contributed by atoms with Gasteiger partial charge >= 0.3 is 0 Å². The Labute approximate surface area is 196 Å². The molecule has 6 heteroatoms. The molecule has 0 bridgehead atoms. The zero-order valence-corrected chi connectivity index (χ0v) is 19.3. The molecule has 0 heterocycles. The first-order valence-electron chi connectivity index (χ1n) is 10.4. The Morgan fingerprint density at radius 1 is 1.03 bits per heavy atom. The molecule has 1 fully saturated rings. The second-order valence-corrected chi connectivity index (χ2v) is 9.86. The van der Waals surface area contributed by atoms with Gasteiger partial charge in [0.25, 0.3) is 0 Å². The number of rotatable bonds is 3. The van der Waals surface area contributed by atoms with Crippen molar-refractivity contribution < 1.29 is 4.79 Å². The minimum absolute atomic E-state index is 0.